The SMILES string of the molecule is CCCNC(Cc1ccc(Cl)s1)C1(C)CCCS1. The Balaban J connectivity index is 2.04. The molecular formula is C14H22ClNS2. The van der Waals surface area contributed by atoms with E-state index in [0.29, 0.717) is 10.8 Å². The van der Waals surface area contributed by atoms with Gasteiger partial charge in [-0.1, -0.05) is 18.5 Å². The minimum Gasteiger partial charge on any atom is -0.312 e. The lowest BCUT2D eigenvalue weighted by molar-refractivity contribution is 0.400. The molecule has 1 aliphatic heterocycles. The number of halogens is 1. The van der Waals surface area contributed by atoms with Crippen LogP contribution < -0.4 is 5.32 Å². The molecule has 2 atom stereocenters. The molecule has 0 radical (unpaired) electrons. The molecule has 18 heavy (non-hydrogen) atoms. The third-order valence-electron chi connectivity index (χ3n) is 3.66. The number of thioether (sulfide) groups is 1. The average molecular weight is 304 g/mol. The fourth-order valence-corrected chi connectivity index (χ4v) is 5.11. The molecule has 2 unspecified atom stereocenters. The Morgan fingerprint density at radius 1 is 1.50 bits per heavy atom. The van der Waals surface area contributed by atoms with Crippen LogP contribution in [0, 0.1) is 0 Å². The Morgan fingerprint density at radius 3 is 2.89 bits per heavy atom. The second-order valence-electron chi connectivity index (χ2n) is 5.18. The molecule has 1 aromatic heterocycles. The molecule has 1 aliphatic rings. The van der Waals surface area contributed by atoms with Gasteiger partial charge in [0, 0.05) is 15.7 Å². The number of hydrogen-bond donors (Lipinski definition) is 1. The number of thiophene rings is 1. The van der Waals surface area contributed by atoms with Gasteiger partial charge in [-0.05, 0) is 57.0 Å². The molecule has 1 saturated heterocycles. The fourth-order valence-electron chi connectivity index (χ4n) is 2.56. The minimum absolute atomic E-state index is 0.394. The van der Waals surface area contributed by atoms with E-state index in [4.69, 9.17) is 11.6 Å². The summed E-state index contributed by atoms with van der Waals surface area (Å²) in [6.07, 6.45) is 5.00. The van der Waals surface area contributed by atoms with Gasteiger partial charge in [0.15, 0.2) is 0 Å². The van der Waals surface area contributed by atoms with Crippen molar-refractivity contribution >= 4 is 34.7 Å². The van der Waals surface area contributed by atoms with Gasteiger partial charge in [0.05, 0.1) is 4.34 Å². The lowest BCUT2D eigenvalue weighted by Crippen LogP contribution is -2.46. The van der Waals surface area contributed by atoms with E-state index < -0.39 is 0 Å². The van der Waals surface area contributed by atoms with Crippen molar-refractivity contribution in [2.75, 3.05) is 12.3 Å². The highest BCUT2D eigenvalue weighted by atomic mass is 35.5. The molecule has 0 bridgehead atoms. The van der Waals surface area contributed by atoms with Crippen molar-refractivity contribution in [2.24, 2.45) is 0 Å². The first kappa shape index (κ1) is 14.7. The van der Waals surface area contributed by atoms with Crippen LogP contribution in [0.2, 0.25) is 4.34 Å². The summed E-state index contributed by atoms with van der Waals surface area (Å²) in [5.41, 5.74) is 0. The second-order valence-corrected chi connectivity index (χ2v) is 8.61. The van der Waals surface area contributed by atoms with Crippen LogP contribution in [0.3, 0.4) is 0 Å². The van der Waals surface area contributed by atoms with Crippen LogP contribution in [0.1, 0.15) is 38.0 Å². The molecule has 0 spiro atoms. The third-order valence-corrected chi connectivity index (χ3v) is 6.56. The molecule has 2 heterocycles. The molecule has 2 rings (SSSR count). The molecule has 1 nitrogen and oxygen atoms in total. The number of hydrogen-bond acceptors (Lipinski definition) is 3. The van der Waals surface area contributed by atoms with Crippen LogP contribution in [0.5, 0.6) is 0 Å². The van der Waals surface area contributed by atoms with Crippen molar-refractivity contribution in [1.29, 1.82) is 0 Å². The molecular weight excluding hydrogens is 282 g/mol. The van der Waals surface area contributed by atoms with Gasteiger partial charge in [0.1, 0.15) is 0 Å². The first-order chi connectivity index (χ1) is 8.64. The van der Waals surface area contributed by atoms with E-state index in [0.717, 1.165) is 17.3 Å². The van der Waals surface area contributed by atoms with Crippen LogP contribution >= 0.6 is 34.7 Å². The smallest absolute Gasteiger partial charge is 0.0931 e. The lowest BCUT2D eigenvalue weighted by Gasteiger charge is -2.34. The standard InChI is InChI=1S/C14H22ClNS2/c1-3-8-16-12(14(2)7-4-9-17-14)10-11-5-6-13(15)18-11/h5-6,12,16H,3-4,7-10H2,1-2H3. The Hall–Kier alpha value is 0.300. The van der Waals surface area contributed by atoms with Crippen molar-refractivity contribution in [1.82, 2.24) is 5.32 Å². The van der Waals surface area contributed by atoms with Crippen molar-refractivity contribution in [3.63, 3.8) is 0 Å². The molecule has 0 amide bonds. The van der Waals surface area contributed by atoms with Crippen molar-refractivity contribution in [3.8, 4) is 0 Å². The minimum atomic E-state index is 0.394. The summed E-state index contributed by atoms with van der Waals surface area (Å²) < 4.78 is 1.30. The fraction of sp³-hybridized carbons (Fsp3) is 0.714. The van der Waals surface area contributed by atoms with Gasteiger partial charge in [0.25, 0.3) is 0 Å². The van der Waals surface area contributed by atoms with E-state index >= 15 is 0 Å². The quantitative estimate of drug-likeness (QED) is 0.824. The first-order valence-corrected chi connectivity index (χ1v) is 8.93. The molecule has 102 valence electrons. The molecule has 0 aliphatic carbocycles. The summed E-state index contributed by atoms with van der Waals surface area (Å²) in [7, 11) is 0. The highest BCUT2D eigenvalue weighted by Gasteiger charge is 2.37. The zero-order valence-corrected chi connectivity index (χ0v) is 13.6. The Morgan fingerprint density at radius 2 is 2.33 bits per heavy atom. The number of rotatable bonds is 6. The number of nitrogens with one attached hydrogen (secondary N) is 1. The van der Waals surface area contributed by atoms with Crippen molar-refractivity contribution < 1.29 is 0 Å². The predicted molar refractivity (Wildman–Crippen MR) is 85.2 cm³/mol. The van der Waals surface area contributed by atoms with E-state index in [-0.39, 0.29) is 0 Å². The van der Waals surface area contributed by atoms with Crippen LogP contribution in [-0.4, -0.2) is 23.1 Å². The van der Waals surface area contributed by atoms with E-state index in [2.05, 4.69) is 37.0 Å². The topological polar surface area (TPSA) is 12.0 Å². The maximum absolute atomic E-state index is 6.04. The molecule has 1 N–H and O–H groups in total. The van der Waals surface area contributed by atoms with Crippen LogP contribution in [0.4, 0.5) is 0 Å². The predicted octanol–water partition coefficient (Wildman–Crippen LogP) is 4.60. The maximum Gasteiger partial charge on any atom is 0.0931 e. The van der Waals surface area contributed by atoms with E-state index in [1.54, 1.807) is 11.3 Å². The van der Waals surface area contributed by atoms with Crippen LogP contribution in [0.25, 0.3) is 0 Å². The summed E-state index contributed by atoms with van der Waals surface area (Å²) in [4.78, 5) is 1.40. The summed E-state index contributed by atoms with van der Waals surface area (Å²) in [5, 5.41) is 3.75. The zero-order valence-electron chi connectivity index (χ0n) is 11.2. The summed E-state index contributed by atoms with van der Waals surface area (Å²) in [6, 6.07) is 4.76. The molecule has 4 heteroatoms. The monoisotopic (exact) mass is 303 g/mol. The van der Waals surface area contributed by atoms with E-state index in [1.165, 1.54) is 29.9 Å². The van der Waals surface area contributed by atoms with Gasteiger partial charge in [0.2, 0.25) is 0 Å². The van der Waals surface area contributed by atoms with Gasteiger partial charge in [-0.25, -0.2) is 0 Å². The van der Waals surface area contributed by atoms with E-state index in [1.807, 2.05) is 6.07 Å². The van der Waals surface area contributed by atoms with Crippen molar-refractivity contribution in [2.45, 2.75) is 50.3 Å². The summed E-state index contributed by atoms with van der Waals surface area (Å²) in [6.45, 7) is 5.77. The van der Waals surface area contributed by atoms with Gasteiger partial charge in [-0.3, -0.25) is 0 Å². The van der Waals surface area contributed by atoms with Gasteiger partial charge in [-0.2, -0.15) is 11.8 Å². The second kappa shape index (κ2) is 6.65. The summed E-state index contributed by atoms with van der Waals surface area (Å²) in [5.74, 6) is 1.31. The zero-order chi connectivity index (χ0) is 13.0. The lowest BCUT2D eigenvalue weighted by atomic mass is 9.93. The Kier molecular flexibility index (Phi) is 5.43. The molecule has 1 fully saturated rings. The van der Waals surface area contributed by atoms with Crippen molar-refractivity contribution in [3.05, 3.63) is 21.3 Å². The molecule has 0 aromatic carbocycles. The first-order valence-electron chi connectivity index (χ1n) is 6.75. The average Bonchev–Trinajstić information content (AvgIpc) is 2.94. The normalized spacial score (nSPS) is 25.5. The molecule has 0 saturated carbocycles. The highest BCUT2D eigenvalue weighted by molar-refractivity contribution is 8.00. The van der Waals surface area contributed by atoms with Gasteiger partial charge in [-0.15, -0.1) is 11.3 Å². The third kappa shape index (κ3) is 3.66. The largest absolute Gasteiger partial charge is 0.312 e. The van der Waals surface area contributed by atoms with Gasteiger partial charge < -0.3 is 5.32 Å². The summed E-state index contributed by atoms with van der Waals surface area (Å²) >= 11 is 9.90. The Labute approximate surface area is 124 Å². The maximum atomic E-state index is 6.04. The van der Waals surface area contributed by atoms with Gasteiger partial charge >= 0.3 is 0 Å². The highest BCUT2D eigenvalue weighted by Crippen LogP contribution is 2.42. The Bertz CT molecular complexity index is 372. The van der Waals surface area contributed by atoms with Crippen LogP contribution in [0.15, 0.2) is 12.1 Å². The molecule has 1 aromatic rings. The van der Waals surface area contributed by atoms with Crippen LogP contribution in [-0.2, 0) is 6.42 Å². The van der Waals surface area contributed by atoms with E-state index in [9.17, 15) is 0 Å².